The number of ether oxygens (including phenoxy) is 1. The summed E-state index contributed by atoms with van der Waals surface area (Å²) in [7, 11) is 1.65. The number of benzene rings is 1. The van der Waals surface area contributed by atoms with Crippen molar-refractivity contribution in [2.45, 2.75) is 39.5 Å². The van der Waals surface area contributed by atoms with Gasteiger partial charge in [0.1, 0.15) is 5.69 Å². The number of nitrogens with zero attached hydrogens (tertiary/aromatic N) is 2. The Morgan fingerprint density at radius 1 is 1.17 bits per heavy atom. The molecule has 3 nitrogen and oxygen atoms in total. The lowest BCUT2D eigenvalue weighted by Gasteiger charge is -2.20. The van der Waals surface area contributed by atoms with Gasteiger partial charge in [-0.15, -0.1) is 0 Å². The maximum absolute atomic E-state index is 5.34. The van der Waals surface area contributed by atoms with E-state index in [-0.39, 0.29) is 5.41 Å². The monoisotopic (exact) mass is 244 g/mol. The van der Waals surface area contributed by atoms with Crippen LogP contribution in [0.1, 0.15) is 39.0 Å². The zero-order valence-corrected chi connectivity index (χ0v) is 11.7. The third kappa shape index (κ3) is 2.17. The Morgan fingerprint density at radius 3 is 2.44 bits per heavy atom. The van der Waals surface area contributed by atoms with E-state index in [1.54, 1.807) is 7.11 Å². The Kier molecular flexibility index (Phi) is 3.24. The van der Waals surface area contributed by atoms with Crippen molar-refractivity contribution in [3.8, 4) is 5.88 Å². The van der Waals surface area contributed by atoms with Gasteiger partial charge in [-0.1, -0.05) is 39.8 Å². The highest BCUT2D eigenvalue weighted by Gasteiger charge is 2.19. The Labute approximate surface area is 108 Å². The van der Waals surface area contributed by atoms with Gasteiger partial charge in [-0.05, 0) is 23.5 Å². The van der Waals surface area contributed by atoms with Gasteiger partial charge in [0, 0.05) is 0 Å². The third-order valence-corrected chi connectivity index (χ3v) is 3.07. The van der Waals surface area contributed by atoms with Crippen molar-refractivity contribution in [3.63, 3.8) is 0 Å². The summed E-state index contributed by atoms with van der Waals surface area (Å²) in [5.74, 6) is 0.640. The second kappa shape index (κ2) is 4.56. The van der Waals surface area contributed by atoms with Gasteiger partial charge in [0.2, 0.25) is 5.88 Å². The number of para-hydroxylation sites is 1. The number of aryl methyl sites for hydroxylation is 1. The SMILES string of the molecule is CCc1nc2cccc(C(C)(C)C)c2nc1OC. The molecule has 0 N–H and O–H groups in total. The van der Waals surface area contributed by atoms with Crippen LogP contribution in [0.15, 0.2) is 18.2 Å². The van der Waals surface area contributed by atoms with Gasteiger partial charge in [0.25, 0.3) is 0 Å². The van der Waals surface area contributed by atoms with Gasteiger partial charge in [-0.2, -0.15) is 0 Å². The molecular formula is C15H20N2O. The molecule has 1 aromatic carbocycles. The maximum Gasteiger partial charge on any atom is 0.235 e. The fourth-order valence-corrected chi connectivity index (χ4v) is 2.10. The number of hydrogen-bond donors (Lipinski definition) is 0. The van der Waals surface area contributed by atoms with E-state index >= 15 is 0 Å². The Bertz CT molecular complexity index is 570. The van der Waals surface area contributed by atoms with Crippen molar-refractivity contribution < 1.29 is 4.74 Å². The van der Waals surface area contributed by atoms with Gasteiger partial charge >= 0.3 is 0 Å². The number of hydrogen-bond acceptors (Lipinski definition) is 3. The molecule has 2 rings (SSSR count). The minimum absolute atomic E-state index is 0.0485. The fourth-order valence-electron chi connectivity index (χ4n) is 2.10. The predicted molar refractivity (Wildman–Crippen MR) is 74.2 cm³/mol. The molecule has 0 saturated carbocycles. The molecule has 1 aromatic heterocycles. The van der Waals surface area contributed by atoms with E-state index in [1.165, 1.54) is 5.56 Å². The van der Waals surface area contributed by atoms with Crippen molar-refractivity contribution in [2.24, 2.45) is 0 Å². The standard InChI is InChI=1S/C15H20N2O/c1-6-11-14(18-5)17-13-10(15(2,3)4)8-7-9-12(13)16-11/h7-9H,6H2,1-5H3. The van der Waals surface area contributed by atoms with Gasteiger partial charge in [-0.25, -0.2) is 9.97 Å². The van der Waals surface area contributed by atoms with Crippen LogP contribution in [0.5, 0.6) is 5.88 Å². The highest BCUT2D eigenvalue weighted by Crippen LogP contribution is 2.30. The Balaban J connectivity index is 2.77. The first-order chi connectivity index (χ1) is 8.47. The van der Waals surface area contributed by atoms with Crippen molar-refractivity contribution in [1.82, 2.24) is 9.97 Å². The second-order valence-corrected chi connectivity index (χ2v) is 5.46. The molecule has 0 aliphatic carbocycles. The van der Waals surface area contributed by atoms with Crippen LogP contribution >= 0.6 is 0 Å². The van der Waals surface area contributed by atoms with Crippen LogP contribution in [0.2, 0.25) is 0 Å². The number of aromatic nitrogens is 2. The van der Waals surface area contributed by atoms with Crippen LogP contribution in [0.3, 0.4) is 0 Å². The Hall–Kier alpha value is -1.64. The fraction of sp³-hybridized carbons (Fsp3) is 0.467. The van der Waals surface area contributed by atoms with Gasteiger partial charge in [0.15, 0.2) is 0 Å². The van der Waals surface area contributed by atoms with E-state index in [9.17, 15) is 0 Å². The number of rotatable bonds is 2. The summed E-state index contributed by atoms with van der Waals surface area (Å²) in [6, 6.07) is 6.17. The van der Waals surface area contributed by atoms with Crippen LogP contribution in [-0.2, 0) is 11.8 Å². The van der Waals surface area contributed by atoms with Crippen molar-refractivity contribution in [1.29, 1.82) is 0 Å². The molecule has 0 fully saturated rings. The van der Waals surface area contributed by atoms with E-state index in [0.29, 0.717) is 5.88 Å². The molecule has 0 aliphatic rings. The highest BCUT2D eigenvalue weighted by molar-refractivity contribution is 5.79. The number of fused-ring (bicyclic) bond motifs is 1. The summed E-state index contributed by atoms with van der Waals surface area (Å²) in [5.41, 5.74) is 4.05. The molecule has 0 bridgehead atoms. The molecule has 0 aliphatic heterocycles. The topological polar surface area (TPSA) is 35.0 Å². The van der Waals surface area contributed by atoms with E-state index in [0.717, 1.165) is 23.1 Å². The molecule has 0 unspecified atom stereocenters. The summed E-state index contributed by atoms with van der Waals surface area (Å²) < 4.78 is 5.34. The molecule has 0 spiro atoms. The third-order valence-electron chi connectivity index (χ3n) is 3.07. The normalized spacial score (nSPS) is 11.8. The van der Waals surface area contributed by atoms with Gasteiger partial charge < -0.3 is 4.74 Å². The van der Waals surface area contributed by atoms with Crippen LogP contribution in [0, 0.1) is 0 Å². The molecular weight excluding hydrogens is 224 g/mol. The molecule has 3 heteroatoms. The molecule has 0 radical (unpaired) electrons. The van der Waals surface area contributed by atoms with Crippen LogP contribution < -0.4 is 4.74 Å². The summed E-state index contributed by atoms with van der Waals surface area (Å²) in [6.07, 6.45) is 0.825. The molecule has 96 valence electrons. The van der Waals surface area contributed by atoms with E-state index < -0.39 is 0 Å². The summed E-state index contributed by atoms with van der Waals surface area (Å²) >= 11 is 0. The van der Waals surface area contributed by atoms with Crippen LogP contribution in [-0.4, -0.2) is 17.1 Å². The average Bonchev–Trinajstić information content (AvgIpc) is 2.35. The molecule has 0 saturated heterocycles. The summed E-state index contributed by atoms with van der Waals surface area (Å²) in [5, 5.41) is 0. The first-order valence-electron chi connectivity index (χ1n) is 6.31. The van der Waals surface area contributed by atoms with Crippen molar-refractivity contribution >= 4 is 11.0 Å². The van der Waals surface area contributed by atoms with Gasteiger partial charge in [-0.3, -0.25) is 0 Å². The summed E-state index contributed by atoms with van der Waals surface area (Å²) in [6.45, 7) is 8.61. The van der Waals surface area contributed by atoms with Crippen LogP contribution in [0.4, 0.5) is 0 Å². The average molecular weight is 244 g/mol. The molecule has 0 amide bonds. The zero-order chi connectivity index (χ0) is 13.3. The van der Waals surface area contributed by atoms with Crippen molar-refractivity contribution in [3.05, 3.63) is 29.5 Å². The lowest BCUT2D eigenvalue weighted by molar-refractivity contribution is 0.392. The zero-order valence-electron chi connectivity index (χ0n) is 11.7. The molecule has 18 heavy (non-hydrogen) atoms. The molecule has 1 heterocycles. The lowest BCUT2D eigenvalue weighted by Crippen LogP contribution is -2.13. The number of methoxy groups -OCH3 is 1. The van der Waals surface area contributed by atoms with Crippen LogP contribution in [0.25, 0.3) is 11.0 Å². The minimum Gasteiger partial charge on any atom is -0.480 e. The minimum atomic E-state index is 0.0485. The second-order valence-electron chi connectivity index (χ2n) is 5.46. The predicted octanol–water partition coefficient (Wildman–Crippen LogP) is 3.50. The smallest absolute Gasteiger partial charge is 0.235 e. The quantitative estimate of drug-likeness (QED) is 0.811. The van der Waals surface area contributed by atoms with E-state index in [2.05, 4.69) is 43.7 Å². The lowest BCUT2D eigenvalue weighted by atomic mass is 9.86. The first kappa shape index (κ1) is 12.8. The van der Waals surface area contributed by atoms with Gasteiger partial charge in [0.05, 0.1) is 18.1 Å². The summed E-state index contributed by atoms with van der Waals surface area (Å²) in [4.78, 5) is 9.30. The van der Waals surface area contributed by atoms with E-state index in [1.807, 2.05) is 12.1 Å². The molecule has 2 aromatic rings. The molecule has 0 atom stereocenters. The van der Waals surface area contributed by atoms with E-state index in [4.69, 9.17) is 4.74 Å². The highest BCUT2D eigenvalue weighted by atomic mass is 16.5. The maximum atomic E-state index is 5.34. The first-order valence-corrected chi connectivity index (χ1v) is 6.31. The van der Waals surface area contributed by atoms with Crippen molar-refractivity contribution in [2.75, 3.05) is 7.11 Å². The largest absolute Gasteiger partial charge is 0.480 e. The Morgan fingerprint density at radius 2 is 1.89 bits per heavy atom.